The highest BCUT2D eigenvalue weighted by Gasteiger charge is 2.43. The lowest BCUT2D eigenvalue weighted by Gasteiger charge is -2.28. The molecule has 252 valence electrons. The van der Waals surface area contributed by atoms with E-state index < -0.39 is 16.4 Å². The maximum Gasteiger partial charge on any atom is 0.537 e. The molecule has 0 bridgehead atoms. The van der Waals surface area contributed by atoms with Gasteiger partial charge in [0, 0.05) is 25.0 Å². The second-order valence-electron chi connectivity index (χ2n) is 11.5. The molecule has 0 amide bonds. The smallest absolute Gasteiger partial charge is 0.370 e. The normalized spacial score (nSPS) is 13.0. The van der Waals surface area contributed by atoms with Crippen molar-refractivity contribution in [2.45, 2.75) is 47.2 Å². The Balaban J connectivity index is 1.23. The van der Waals surface area contributed by atoms with Crippen molar-refractivity contribution >= 4 is 45.9 Å². The fourth-order valence-corrected chi connectivity index (χ4v) is 10.2. The van der Waals surface area contributed by atoms with E-state index in [1.165, 1.54) is 27.8 Å². The molecular formula is C40H47O6PSi. The summed E-state index contributed by atoms with van der Waals surface area (Å²) in [7, 11) is -6.03. The number of fused-ring (bicyclic) bond motifs is 3. The van der Waals surface area contributed by atoms with Gasteiger partial charge >= 0.3 is 16.4 Å². The summed E-state index contributed by atoms with van der Waals surface area (Å²) in [5.74, 6) is 0. The average molecular weight is 683 g/mol. The van der Waals surface area contributed by atoms with Crippen LogP contribution in [-0.2, 0) is 39.5 Å². The van der Waals surface area contributed by atoms with Crippen molar-refractivity contribution in [1.82, 2.24) is 0 Å². The van der Waals surface area contributed by atoms with E-state index in [0.29, 0.717) is 33.0 Å². The van der Waals surface area contributed by atoms with E-state index in [0.717, 1.165) is 33.9 Å². The minimum Gasteiger partial charge on any atom is -0.370 e. The molecule has 4 aromatic rings. The van der Waals surface area contributed by atoms with Crippen molar-refractivity contribution in [3.63, 3.8) is 0 Å². The average Bonchev–Trinajstić information content (AvgIpc) is 3.45. The maximum atomic E-state index is 12.9. The molecule has 6 nitrogen and oxygen atoms in total. The summed E-state index contributed by atoms with van der Waals surface area (Å²) >= 11 is 0. The third-order valence-corrected chi connectivity index (χ3v) is 13.2. The first-order valence-corrected chi connectivity index (χ1v) is 20.4. The van der Waals surface area contributed by atoms with E-state index in [1.807, 2.05) is 58.9 Å². The third kappa shape index (κ3) is 8.79. The highest BCUT2D eigenvalue weighted by atomic mass is 31.2. The molecule has 0 unspecified atom stereocenters. The summed E-state index contributed by atoms with van der Waals surface area (Å²) in [4.78, 5) is 0. The second-order valence-corrected chi connectivity index (χ2v) is 16.1. The molecule has 0 atom stereocenters. The lowest BCUT2D eigenvalue weighted by Crippen LogP contribution is -2.56. The Morgan fingerprint density at radius 3 is 1.42 bits per heavy atom. The molecule has 0 saturated carbocycles. The summed E-state index contributed by atoms with van der Waals surface area (Å²) in [5.41, 5.74) is 10.8. The minimum atomic E-state index is -3.12. The van der Waals surface area contributed by atoms with E-state index in [2.05, 4.69) is 85.0 Å². The van der Waals surface area contributed by atoms with Crippen molar-refractivity contribution in [1.29, 1.82) is 0 Å². The molecule has 0 spiro atoms. The van der Waals surface area contributed by atoms with Gasteiger partial charge in [0.05, 0.1) is 19.4 Å². The first kappa shape index (κ1) is 35.9. The van der Waals surface area contributed by atoms with Gasteiger partial charge in [-0.3, -0.25) is 4.57 Å². The van der Waals surface area contributed by atoms with Gasteiger partial charge < -0.3 is 22.3 Å². The van der Waals surface area contributed by atoms with Gasteiger partial charge in [0.25, 0.3) is 0 Å². The van der Waals surface area contributed by atoms with Crippen LogP contribution in [0.2, 0.25) is 0 Å². The van der Waals surface area contributed by atoms with Crippen LogP contribution in [0.5, 0.6) is 0 Å². The Labute approximate surface area is 287 Å². The Bertz CT molecular complexity index is 1740. The predicted molar refractivity (Wildman–Crippen MR) is 200 cm³/mol. The Morgan fingerprint density at radius 1 is 0.562 bits per heavy atom. The fourth-order valence-electron chi connectivity index (χ4n) is 6.07. The zero-order valence-electron chi connectivity index (χ0n) is 28.7. The largest absolute Gasteiger partial charge is 0.537 e. The number of hydrogen-bond acceptors (Lipinski definition) is 6. The molecule has 0 N–H and O–H groups in total. The molecule has 4 aromatic carbocycles. The lowest BCUT2D eigenvalue weighted by molar-refractivity contribution is 0.0859. The van der Waals surface area contributed by atoms with E-state index in [9.17, 15) is 4.57 Å². The minimum absolute atomic E-state index is 0.273. The van der Waals surface area contributed by atoms with Crippen LogP contribution in [0.3, 0.4) is 0 Å². The highest BCUT2D eigenvalue weighted by molar-refractivity contribution is 7.53. The summed E-state index contributed by atoms with van der Waals surface area (Å²) in [6.07, 6.45) is 9.76. The van der Waals surface area contributed by atoms with E-state index in [1.54, 1.807) is 0 Å². The first-order valence-electron chi connectivity index (χ1n) is 17.0. The van der Waals surface area contributed by atoms with E-state index in [-0.39, 0.29) is 6.16 Å². The molecule has 5 rings (SSSR count). The van der Waals surface area contributed by atoms with Crippen LogP contribution in [-0.4, -0.2) is 41.8 Å². The molecular weight excluding hydrogens is 635 g/mol. The van der Waals surface area contributed by atoms with Gasteiger partial charge in [-0.15, -0.1) is 0 Å². The second kappa shape index (κ2) is 16.8. The van der Waals surface area contributed by atoms with Gasteiger partial charge in [-0.2, -0.15) is 0 Å². The topological polar surface area (TPSA) is 63.2 Å². The van der Waals surface area contributed by atoms with Crippen molar-refractivity contribution in [2.24, 2.45) is 0 Å². The Hall–Kier alpha value is -3.39. The third-order valence-electron chi connectivity index (χ3n) is 8.14. The number of rotatable bonds is 17. The van der Waals surface area contributed by atoms with Crippen LogP contribution in [0.4, 0.5) is 0 Å². The summed E-state index contributed by atoms with van der Waals surface area (Å²) in [6, 6.07) is 29.8. The van der Waals surface area contributed by atoms with Gasteiger partial charge in [-0.05, 0) is 91.1 Å². The highest BCUT2D eigenvalue weighted by Crippen LogP contribution is 2.51. The molecule has 0 fully saturated rings. The van der Waals surface area contributed by atoms with E-state index >= 15 is 0 Å². The standard InChI is InChI=1S/C40H47O6PSi/c1-6-42-47(41,43-7-2)30-35-17-13-31(14-18-35)11-15-33-21-25-39-36(27-33)29-37-28-34(22-26-40(37)39)16-12-32-19-23-38(24-20-32)48(44-8-3,45-9-4)46-10-5/h11-28H,6-10,29-30H2,1-5H3/b15-11+,16-12+. The zero-order valence-corrected chi connectivity index (χ0v) is 30.6. The van der Waals surface area contributed by atoms with Gasteiger partial charge in [-0.1, -0.05) is 109 Å². The van der Waals surface area contributed by atoms with Crippen LogP contribution in [0.25, 0.3) is 35.4 Å². The zero-order chi connectivity index (χ0) is 34.0. The Morgan fingerprint density at radius 2 is 0.979 bits per heavy atom. The number of hydrogen-bond donors (Lipinski definition) is 0. The molecule has 0 aromatic heterocycles. The molecule has 1 aliphatic carbocycles. The lowest BCUT2D eigenvalue weighted by atomic mass is 10.0. The summed E-state index contributed by atoms with van der Waals surface area (Å²) < 4.78 is 42.0. The summed E-state index contributed by atoms with van der Waals surface area (Å²) in [6.45, 7) is 11.9. The Kier molecular flexibility index (Phi) is 12.6. The first-order chi connectivity index (χ1) is 23.3. The molecule has 0 aliphatic heterocycles. The fraction of sp³-hybridized carbons (Fsp3) is 0.300. The van der Waals surface area contributed by atoms with Crippen LogP contribution in [0.15, 0.2) is 84.9 Å². The van der Waals surface area contributed by atoms with Crippen LogP contribution >= 0.6 is 7.60 Å². The molecule has 48 heavy (non-hydrogen) atoms. The van der Waals surface area contributed by atoms with Crippen LogP contribution in [0, 0.1) is 0 Å². The van der Waals surface area contributed by atoms with Gasteiger partial charge in [0.1, 0.15) is 0 Å². The van der Waals surface area contributed by atoms with Crippen molar-refractivity contribution in [3.8, 4) is 11.1 Å². The SMILES string of the molecule is CCO[Si](OCC)(OCC)c1ccc(/C=C/c2ccc3c(c2)Cc2cc(/C=C/c4ccc(CP(=O)(OCC)OCC)cc4)ccc2-3)cc1. The van der Waals surface area contributed by atoms with E-state index in [4.69, 9.17) is 22.3 Å². The quantitative estimate of drug-likeness (QED) is 0.0553. The van der Waals surface area contributed by atoms with Gasteiger partial charge in [0.2, 0.25) is 0 Å². The maximum absolute atomic E-state index is 12.9. The van der Waals surface area contributed by atoms with Crippen LogP contribution < -0.4 is 5.19 Å². The summed E-state index contributed by atoms with van der Waals surface area (Å²) in [5, 5.41) is 0.983. The molecule has 1 aliphatic rings. The molecule has 0 heterocycles. The van der Waals surface area contributed by atoms with Crippen molar-refractivity contribution in [3.05, 3.63) is 124 Å². The van der Waals surface area contributed by atoms with Crippen molar-refractivity contribution < 1.29 is 26.9 Å². The molecule has 0 saturated heterocycles. The monoisotopic (exact) mass is 682 g/mol. The van der Waals surface area contributed by atoms with Crippen molar-refractivity contribution in [2.75, 3.05) is 33.0 Å². The predicted octanol–water partition coefficient (Wildman–Crippen LogP) is 9.62. The molecule has 0 radical (unpaired) electrons. The van der Waals surface area contributed by atoms with Gasteiger partial charge in [0.15, 0.2) is 0 Å². The molecule has 8 heteroatoms. The van der Waals surface area contributed by atoms with Gasteiger partial charge in [-0.25, -0.2) is 0 Å². The number of benzene rings is 4. The van der Waals surface area contributed by atoms with Crippen LogP contribution in [0.1, 0.15) is 73.6 Å².